The Bertz CT molecular complexity index is 581. The molecule has 0 saturated carbocycles. The Kier molecular flexibility index (Phi) is 4.53. The average molecular weight is 271 g/mol. The molecule has 2 N–H and O–H groups in total. The molecule has 2 aromatic rings. The topological polar surface area (TPSA) is 43.8 Å². The second-order valence-corrected chi connectivity index (χ2v) is 5.15. The maximum absolute atomic E-state index is 6.16. The second-order valence-electron chi connectivity index (χ2n) is 4.17. The van der Waals surface area contributed by atoms with Gasteiger partial charge < -0.3 is 5.73 Å². The van der Waals surface area contributed by atoms with Gasteiger partial charge in [-0.2, -0.15) is 11.8 Å². The number of thioether (sulfide) groups is 1. The summed E-state index contributed by atoms with van der Waals surface area (Å²) in [6.45, 7) is 0.447. The molecule has 0 aliphatic heterocycles. The zero-order valence-corrected chi connectivity index (χ0v) is 11.8. The van der Waals surface area contributed by atoms with Gasteiger partial charge in [0.15, 0.2) is 0 Å². The van der Waals surface area contributed by atoms with E-state index in [-0.39, 0.29) is 0 Å². The highest BCUT2D eigenvalue weighted by Crippen LogP contribution is 2.24. The maximum Gasteiger partial charge on any atom is 0.142 e. The molecule has 2 rings (SSSR count). The first kappa shape index (κ1) is 13.6. The van der Waals surface area contributed by atoms with Gasteiger partial charge >= 0.3 is 0 Å². The Morgan fingerprint density at radius 2 is 2.11 bits per heavy atom. The largest absolute Gasteiger partial charge is 0.384 e. The molecule has 0 spiro atoms. The van der Waals surface area contributed by atoms with Crippen molar-refractivity contribution in [3.63, 3.8) is 0 Å². The highest BCUT2D eigenvalue weighted by atomic mass is 32.2. The van der Waals surface area contributed by atoms with Crippen LogP contribution >= 0.6 is 11.8 Å². The minimum absolute atomic E-state index is 0.447. The summed E-state index contributed by atoms with van der Waals surface area (Å²) in [5.74, 6) is 5.19. The minimum atomic E-state index is 0.447. The van der Waals surface area contributed by atoms with Crippen molar-refractivity contribution in [1.29, 1.82) is 0 Å². The molecule has 1 aromatic carbocycles. The molecule has 0 atom stereocenters. The van der Waals surface area contributed by atoms with Crippen molar-refractivity contribution in [2.75, 3.05) is 17.7 Å². The monoisotopic (exact) mass is 271 g/mol. The predicted molar refractivity (Wildman–Crippen MR) is 83.0 cm³/mol. The van der Waals surface area contributed by atoms with Gasteiger partial charge in [-0.15, -0.1) is 6.42 Å². The molecule has 19 heavy (non-hydrogen) atoms. The molecule has 0 fully saturated rings. The molecule has 0 aliphatic rings. The van der Waals surface area contributed by atoms with Crippen LogP contribution in [0.2, 0.25) is 0 Å². The molecule has 0 unspecified atom stereocenters. The Morgan fingerprint density at radius 1 is 1.37 bits per heavy atom. The van der Waals surface area contributed by atoms with Crippen molar-refractivity contribution in [3.8, 4) is 23.7 Å². The van der Waals surface area contributed by atoms with Crippen molar-refractivity contribution >= 4 is 17.6 Å². The summed E-state index contributed by atoms with van der Waals surface area (Å²) < 4.78 is 1.91. The Labute approximate surface area is 118 Å². The van der Waals surface area contributed by atoms with Gasteiger partial charge in [0, 0.05) is 12.0 Å². The van der Waals surface area contributed by atoms with Crippen LogP contribution in [0.25, 0.3) is 11.4 Å². The van der Waals surface area contributed by atoms with Crippen LogP contribution in [0, 0.1) is 12.3 Å². The molecule has 0 radical (unpaired) electrons. The Morgan fingerprint density at radius 3 is 2.74 bits per heavy atom. The number of hydrogen-bond acceptors (Lipinski definition) is 3. The zero-order chi connectivity index (χ0) is 13.7. The molecule has 0 saturated heterocycles. The van der Waals surface area contributed by atoms with Crippen molar-refractivity contribution in [2.45, 2.75) is 13.0 Å². The van der Waals surface area contributed by atoms with Gasteiger partial charge in [0.2, 0.25) is 0 Å². The molecule has 1 aromatic heterocycles. The third-order valence-electron chi connectivity index (χ3n) is 2.91. The van der Waals surface area contributed by atoms with Crippen LogP contribution in [0.3, 0.4) is 0 Å². The van der Waals surface area contributed by atoms with Crippen LogP contribution in [0.5, 0.6) is 0 Å². The van der Waals surface area contributed by atoms with Gasteiger partial charge in [-0.3, -0.25) is 4.57 Å². The van der Waals surface area contributed by atoms with E-state index in [0.717, 1.165) is 29.3 Å². The molecule has 4 heteroatoms. The van der Waals surface area contributed by atoms with Gasteiger partial charge in [0.05, 0.1) is 12.2 Å². The predicted octanol–water partition coefficient (Wildman–Crippen LogP) is 2.67. The average Bonchev–Trinajstić information content (AvgIpc) is 2.75. The SMILES string of the molecule is C#CCn1c(-c2ccccc2)nc(CCSC)c1N. The van der Waals surface area contributed by atoms with Gasteiger partial charge in [-0.05, 0) is 12.0 Å². The first-order valence-electron chi connectivity index (χ1n) is 6.10. The number of terminal acetylenes is 1. The molecule has 98 valence electrons. The van der Waals surface area contributed by atoms with Crippen LogP contribution in [0.4, 0.5) is 5.82 Å². The van der Waals surface area contributed by atoms with Crippen molar-refractivity contribution in [1.82, 2.24) is 9.55 Å². The lowest BCUT2D eigenvalue weighted by molar-refractivity contribution is 0.861. The first-order chi connectivity index (χ1) is 9.27. The van der Waals surface area contributed by atoms with Crippen LogP contribution in [-0.2, 0) is 13.0 Å². The van der Waals surface area contributed by atoms with Crippen molar-refractivity contribution < 1.29 is 0 Å². The van der Waals surface area contributed by atoms with Crippen LogP contribution in [-0.4, -0.2) is 21.6 Å². The second kappa shape index (κ2) is 6.35. The number of nitrogens with two attached hydrogens (primary N) is 1. The summed E-state index contributed by atoms with van der Waals surface area (Å²) in [7, 11) is 0. The first-order valence-corrected chi connectivity index (χ1v) is 7.50. The lowest BCUT2D eigenvalue weighted by Gasteiger charge is -2.05. The Balaban J connectivity index is 2.45. The van der Waals surface area contributed by atoms with Gasteiger partial charge in [-0.25, -0.2) is 4.98 Å². The van der Waals surface area contributed by atoms with E-state index in [1.165, 1.54) is 0 Å². The van der Waals surface area contributed by atoms with Crippen molar-refractivity contribution in [2.24, 2.45) is 0 Å². The number of aromatic nitrogens is 2. The molecule has 0 amide bonds. The van der Waals surface area contributed by atoms with Crippen molar-refractivity contribution in [3.05, 3.63) is 36.0 Å². The van der Waals surface area contributed by atoms with Crippen LogP contribution in [0.1, 0.15) is 5.69 Å². The normalized spacial score (nSPS) is 10.3. The fourth-order valence-corrected chi connectivity index (χ4v) is 2.35. The summed E-state index contributed by atoms with van der Waals surface area (Å²) in [5.41, 5.74) is 8.14. The smallest absolute Gasteiger partial charge is 0.142 e. The lowest BCUT2D eigenvalue weighted by atomic mass is 10.2. The number of nitrogens with zero attached hydrogens (tertiary/aromatic N) is 2. The fourth-order valence-electron chi connectivity index (χ4n) is 1.96. The molecule has 0 bridgehead atoms. The third kappa shape index (κ3) is 2.94. The summed E-state index contributed by atoms with van der Waals surface area (Å²) in [5, 5.41) is 0. The summed E-state index contributed by atoms with van der Waals surface area (Å²) in [4.78, 5) is 4.67. The summed E-state index contributed by atoms with van der Waals surface area (Å²) in [6.07, 6.45) is 8.37. The number of anilines is 1. The Hall–Kier alpha value is -1.86. The van der Waals surface area contributed by atoms with Gasteiger partial charge in [-0.1, -0.05) is 36.3 Å². The molecular formula is C15H17N3S. The van der Waals surface area contributed by atoms with E-state index < -0.39 is 0 Å². The minimum Gasteiger partial charge on any atom is -0.384 e. The molecule has 0 aliphatic carbocycles. The molecule has 3 nitrogen and oxygen atoms in total. The molecular weight excluding hydrogens is 254 g/mol. The van der Waals surface area contributed by atoms with Gasteiger partial charge in [0.25, 0.3) is 0 Å². The standard InChI is InChI=1S/C15H17N3S/c1-3-10-18-14(16)13(9-11-19-2)17-15(18)12-7-5-4-6-8-12/h1,4-8H,9-11,16H2,2H3. The number of aryl methyl sites for hydroxylation is 1. The summed E-state index contributed by atoms with van der Waals surface area (Å²) >= 11 is 1.78. The van der Waals surface area contributed by atoms with E-state index >= 15 is 0 Å². The van der Waals surface area contributed by atoms with E-state index in [9.17, 15) is 0 Å². The fraction of sp³-hybridized carbons (Fsp3) is 0.267. The van der Waals surface area contributed by atoms with Crippen LogP contribution in [0.15, 0.2) is 30.3 Å². The quantitative estimate of drug-likeness (QED) is 0.850. The number of imidazole rings is 1. The highest BCUT2D eigenvalue weighted by Gasteiger charge is 2.14. The number of nitrogen functional groups attached to an aromatic ring is 1. The zero-order valence-electron chi connectivity index (χ0n) is 11.0. The van der Waals surface area contributed by atoms with E-state index in [1.54, 1.807) is 11.8 Å². The maximum atomic E-state index is 6.16. The van der Waals surface area contributed by atoms with E-state index in [1.807, 2.05) is 34.9 Å². The summed E-state index contributed by atoms with van der Waals surface area (Å²) in [6, 6.07) is 10.0. The number of rotatable bonds is 5. The highest BCUT2D eigenvalue weighted by molar-refractivity contribution is 7.98. The number of hydrogen-bond donors (Lipinski definition) is 1. The third-order valence-corrected chi connectivity index (χ3v) is 3.52. The van der Waals surface area contributed by atoms with E-state index in [4.69, 9.17) is 12.2 Å². The van der Waals surface area contributed by atoms with Gasteiger partial charge in [0.1, 0.15) is 11.6 Å². The van der Waals surface area contributed by atoms with Crippen LogP contribution < -0.4 is 5.73 Å². The van der Waals surface area contributed by atoms with E-state index in [0.29, 0.717) is 12.4 Å². The number of benzene rings is 1. The lowest BCUT2D eigenvalue weighted by Crippen LogP contribution is -2.04. The molecule has 1 heterocycles. The van der Waals surface area contributed by atoms with E-state index in [2.05, 4.69) is 17.2 Å².